The van der Waals surface area contributed by atoms with Crippen molar-refractivity contribution in [1.29, 1.82) is 0 Å². The van der Waals surface area contributed by atoms with Crippen LogP contribution in [0.2, 0.25) is 0 Å². The zero-order valence-electron chi connectivity index (χ0n) is 19.1. The molecular weight excluding hydrogens is 468 g/mol. The average Bonchev–Trinajstić information content (AvgIpc) is 3.34. The number of aryl methyl sites for hydroxylation is 1. The topological polar surface area (TPSA) is 107 Å². The quantitative estimate of drug-likeness (QED) is 0.331. The summed E-state index contributed by atoms with van der Waals surface area (Å²) in [6, 6.07) is 23.6. The summed E-state index contributed by atoms with van der Waals surface area (Å²) in [7, 11) is -2.48. The Morgan fingerprint density at radius 1 is 0.914 bits per heavy atom. The fourth-order valence-electron chi connectivity index (χ4n) is 3.27. The number of anilines is 2. The first kappa shape index (κ1) is 23.9. The number of rotatable bonds is 9. The molecule has 8 nitrogen and oxygen atoms in total. The van der Waals surface area contributed by atoms with Crippen molar-refractivity contribution in [1.82, 2.24) is 0 Å². The maximum absolute atomic E-state index is 13.0. The van der Waals surface area contributed by atoms with E-state index in [-0.39, 0.29) is 17.3 Å². The molecule has 4 rings (SSSR count). The van der Waals surface area contributed by atoms with E-state index in [1.54, 1.807) is 43.3 Å². The summed E-state index contributed by atoms with van der Waals surface area (Å²) in [5.41, 5.74) is 1.34. The number of amides is 1. The molecule has 0 bridgehead atoms. The van der Waals surface area contributed by atoms with Gasteiger partial charge in [-0.3, -0.25) is 9.52 Å². The Balaban J connectivity index is 1.47. The number of sulfonamides is 1. The first-order valence-electron chi connectivity index (χ1n) is 10.7. The molecule has 0 aliphatic carbocycles. The zero-order chi connectivity index (χ0) is 24.8. The lowest BCUT2D eigenvalue weighted by atomic mass is 10.2. The van der Waals surface area contributed by atoms with Crippen LogP contribution < -0.4 is 19.5 Å². The van der Waals surface area contributed by atoms with Gasteiger partial charge in [-0.15, -0.1) is 0 Å². The van der Waals surface area contributed by atoms with Crippen LogP contribution in [0, 0.1) is 6.92 Å². The van der Waals surface area contributed by atoms with Crippen LogP contribution in [0.4, 0.5) is 11.4 Å². The SMILES string of the molecule is COc1ccccc1NS(=O)(=O)c1ccc(C)c(NC(=O)c2ccc(COc3ccccc3)o2)c1. The van der Waals surface area contributed by atoms with Crippen LogP contribution in [0.25, 0.3) is 0 Å². The van der Waals surface area contributed by atoms with Gasteiger partial charge in [0.15, 0.2) is 5.76 Å². The molecule has 0 unspecified atom stereocenters. The minimum absolute atomic E-state index is 0.0132. The lowest BCUT2D eigenvalue weighted by molar-refractivity contribution is 0.0992. The molecule has 0 saturated heterocycles. The zero-order valence-corrected chi connectivity index (χ0v) is 20.0. The number of benzene rings is 3. The van der Waals surface area contributed by atoms with Crippen molar-refractivity contribution < 1.29 is 27.1 Å². The minimum atomic E-state index is -3.94. The third kappa shape index (κ3) is 5.82. The summed E-state index contributed by atoms with van der Waals surface area (Å²) in [4.78, 5) is 12.7. The van der Waals surface area contributed by atoms with Gasteiger partial charge in [0.25, 0.3) is 15.9 Å². The monoisotopic (exact) mass is 492 g/mol. The Labute approximate surface area is 203 Å². The summed E-state index contributed by atoms with van der Waals surface area (Å²) >= 11 is 0. The lowest BCUT2D eigenvalue weighted by Gasteiger charge is -2.13. The highest BCUT2D eigenvalue weighted by Crippen LogP contribution is 2.28. The number of hydrogen-bond donors (Lipinski definition) is 2. The predicted octanol–water partition coefficient (Wildman–Crippen LogP) is 5.23. The van der Waals surface area contributed by atoms with Crippen LogP contribution in [0.1, 0.15) is 21.9 Å². The van der Waals surface area contributed by atoms with E-state index in [0.29, 0.717) is 34.2 Å². The number of ether oxygens (including phenoxy) is 2. The number of methoxy groups -OCH3 is 1. The largest absolute Gasteiger partial charge is 0.495 e. The Morgan fingerprint density at radius 3 is 2.43 bits per heavy atom. The number of hydrogen-bond acceptors (Lipinski definition) is 6. The molecule has 0 aliphatic heterocycles. The fraction of sp³-hybridized carbons (Fsp3) is 0.115. The van der Waals surface area contributed by atoms with E-state index in [9.17, 15) is 13.2 Å². The number of para-hydroxylation sites is 3. The van der Waals surface area contributed by atoms with Gasteiger partial charge in [0, 0.05) is 5.69 Å². The molecule has 9 heteroatoms. The van der Waals surface area contributed by atoms with Gasteiger partial charge >= 0.3 is 0 Å². The maximum Gasteiger partial charge on any atom is 0.291 e. The van der Waals surface area contributed by atoms with Gasteiger partial charge in [-0.2, -0.15) is 0 Å². The molecule has 0 radical (unpaired) electrons. The van der Waals surface area contributed by atoms with Gasteiger partial charge in [-0.1, -0.05) is 36.4 Å². The summed E-state index contributed by atoms with van der Waals surface area (Å²) in [5, 5.41) is 2.72. The smallest absolute Gasteiger partial charge is 0.291 e. The van der Waals surface area contributed by atoms with Crippen molar-refractivity contribution in [3.05, 3.63) is 102 Å². The van der Waals surface area contributed by atoms with Gasteiger partial charge in [0.05, 0.1) is 17.7 Å². The van der Waals surface area contributed by atoms with Gasteiger partial charge in [0.2, 0.25) is 0 Å². The van der Waals surface area contributed by atoms with E-state index < -0.39 is 15.9 Å². The van der Waals surface area contributed by atoms with Crippen molar-refractivity contribution >= 4 is 27.3 Å². The fourth-order valence-corrected chi connectivity index (χ4v) is 4.36. The van der Waals surface area contributed by atoms with E-state index >= 15 is 0 Å². The molecule has 0 aliphatic rings. The second-order valence-electron chi connectivity index (χ2n) is 7.60. The molecule has 0 spiro atoms. The molecule has 0 atom stereocenters. The molecule has 1 amide bonds. The van der Waals surface area contributed by atoms with E-state index in [1.165, 1.54) is 25.3 Å². The van der Waals surface area contributed by atoms with Crippen LogP contribution >= 0.6 is 0 Å². The van der Waals surface area contributed by atoms with Crippen LogP contribution in [0.15, 0.2) is 94.2 Å². The Kier molecular flexibility index (Phi) is 7.07. The maximum atomic E-state index is 13.0. The van der Waals surface area contributed by atoms with Crippen LogP contribution in [0.5, 0.6) is 11.5 Å². The Hall–Kier alpha value is -4.24. The van der Waals surface area contributed by atoms with Crippen LogP contribution in [0.3, 0.4) is 0 Å². The number of carbonyl (C=O) groups excluding carboxylic acids is 1. The second-order valence-corrected chi connectivity index (χ2v) is 9.29. The van der Waals surface area contributed by atoms with Gasteiger partial charge in [-0.05, 0) is 61.0 Å². The summed E-state index contributed by atoms with van der Waals surface area (Å²) in [6.07, 6.45) is 0. The van der Waals surface area contributed by atoms with Crippen LogP contribution in [-0.2, 0) is 16.6 Å². The molecule has 180 valence electrons. The molecule has 1 aromatic heterocycles. The van der Waals surface area contributed by atoms with Gasteiger partial charge in [0.1, 0.15) is 23.9 Å². The molecule has 1 heterocycles. The first-order chi connectivity index (χ1) is 16.9. The summed E-state index contributed by atoms with van der Waals surface area (Å²) in [6.45, 7) is 1.93. The number of carbonyl (C=O) groups is 1. The molecular formula is C26H24N2O6S. The van der Waals surface area contributed by atoms with Gasteiger partial charge in [-0.25, -0.2) is 8.42 Å². The van der Waals surface area contributed by atoms with E-state index in [0.717, 1.165) is 0 Å². The molecule has 3 aromatic carbocycles. The molecule has 4 aromatic rings. The van der Waals surface area contributed by atoms with Crippen molar-refractivity contribution in [3.63, 3.8) is 0 Å². The first-order valence-corrected chi connectivity index (χ1v) is 12.2. The van der Waals surface area contributed by atoms with Crippen LogP contribution in [-0.4, -0.2) is 21.4 Å². The number of furan rings is 1. The predicted molar refractivity (Wildman–Crippen MR) is 132 cm³/mol. The highest BCUT2D eigenvalue weighted by Gasteiger charge is 2.19. The lowest BCUT2D eigenvalue weighted by Crippen LogP contribution is -2.16. The molecule has 2 N–H and O–H groups in total. The highest BCUT2D eigenvalue weighted by molar-refractivity contribution is 7.92. The van der Waals surface area contributed by atoms with Gasteiger partial charge < -0.3 is 19.2 Å². The van der Waals surface area contributed by atoms with E-state index in [1.807, 2.05) is 30.3 Å². The third-order valence-corrected chi connectivity index (χ3v) is 6.49. The average molecular weight is 493 g/mol. The summed E-state index contributed by atoms with van der Waals surface area (Å²) < 4.78 is 44.9. The normalized spacial score (nSPS) is 11.0. The standard InChI is InChI=1S/C26H24N2O6S/c1-18-12-14-21(35(30,31)28-22-10-6-7-11-24(22)32-2)16-23(18)27-26(29)25-15-13-20(34-25)17-33-19-8-4-3-5-9-19/h3-16,28H,17H2,1-2H3,(H,27,29). The molecule has 35 heavy (non-hydrogen) atoms. The van der Waals surface area contributed by atoms with E-state index in [2.05, 4.69) is 10.0 Å². The van der Waals surface area contributed by atoms with Crippen molar-refractivity contribution in [2.75, 3.05) is 17.1 Å². The minimum Gasteiger partial charge on any atom is -0.495 e. The molecule has 0 fully saturated rings. The Morgan fingerprint density at radius 2 is 1.66 bits per heavy atom. The van der Waals surface area contributed by atoms with Crippen molar-refractivity contribution in [2.24, 2.45) is 0 Å². The molecule has 0 saturated carbocycles. The third-order valence-electron chi connectivity index (χ3n) is 5.13. The summed E-state index contributed by atoms with van der Waals surface area (Å²) in [5.74, 6) is 1.13. The Bertz CT molecular complexity index is 1430. The second kappa shape index (κ2) is 10.4. The van der Waals surface area contributed by atoms with Crippen molar-refractivity contribution in [2.45, 2.75) is 18.4 Å². The van der Waals surface area contributed by atoms with Crippen molar-refractivity contribution in [3.8, 4) is 11.5 Å². The van der Waals surface area contributed by atoms with E-state index in [4.69, 9.17) is 13.9 Å². The number of nitrogens with one attached hydrogen (secondary N) is 2. The highest BCUT2D eigenvalue weighted by atomic mass is 32.2.